The molecule has 0 radical (unpaired) electrons. The van der Waals surface area contributed by atoms with Crippen molar-refractivity contribution in [3.63, 3.8) is 0 Å². The zero-order valence-electron chi connectivity index (χ0n) is 24.4. The molecule has 0 bridgehead atoms. The minimum Gasteiger partial charge on any atom is -0.350 e. The molecule has 0 aliphatic carbocycles. The molecule has 0 saturated carbocycles. The molecule has 0 spiro atoms. The topological polar surface area (TPSA) is 86.8 Å². The molecule has 7 nitrogen and oxygen atoms in total. The van der Waals surface area contributed by atoms with E-state index in [0.717, 1.165) is 22.9 Å². The van der Waals surface area contributed by atoms with Crippen molar-refractivity contribution in [3.05, 3.63) is 101 Å². The molecule has 9 heteroatoms. The van der Waals surface area contributed by atoms with E-state index in [0.29, 0.717) is 17.1 Å². The molecule has 220 valence electrons. The van der Waals surface area contributed by atoms with Crippen LogP contribution in [0.25, 0.3) is 0 Å². The number of anilines is 1. The van der Waals surface area contributed by atoms with Crippen molar-refractivity contribution >= 4 is 39.1 Å². The Kier molecular flexibility index (Phi) is 11.0. The highest BCUT2D eigenvalue weighted by molar-refractivity contribution is 7.92. The number of carbonyl (C=O) groups excluding carboxylic acids is 2. The van der Waals surface area contributed by atoms with Crippen LogP contribution in [0.2, 0.25) is 5.02 Å². The van der Waals surface area contributed by atoms with Crippen LogP contribution >= 0.6 is 11.6 Å². The Morgan fingerprint density at radius 3 is 2.15 bits per heavy atom. The number of sulfonamides is 1. The lowest BCUT2D eigenvalue weighted by molar-refractivity contribution is -0.142. The summed E-state index contributed by atoms with van der Waals surface area (Å²) in [4.78, 5) is 29.2. The van der Waals surface area contributed by atoms with E-state index in [4.69, 9.17) is 11.6 Å². The van der Waals surface area contributed by atoms with Gasteiger partial charge in [0.1, 0.15) is 6.04 Å². The number of halogens is 1. The quantitative estimate of drug-likeness (QED) is 0.288. The van der Waals surface area contributed by atoms with Gasteiger partial charge >= 0.3 is 0 Å². The molecule has 2 amide bonds. The molecule has 41 heavy (non-hydrogen) atoms. The number of aryl methyl sites for hydroxylation is 1. The minimum atomic E-state index is -3.58. The van der Waals surface area contributed by atoms with E-state index >= 15 is 0 Å². The minimum absolute atomic E-state index is 0.0520. The van der Waals surface area contributed by atoms with E-state index in [2.05, 4.69) is 5.32 Å². The van der Waals surface area contributed by atoms with E-state index in [9.17, 15) is 18.0 Å². The van der Waals surface area contributed by atoms with Gasteiger partial charge in [0.25, 0.3) is 0 Å². The Bertz CT molecular complexity index is 1440. The van der Waals surface area contributed by atoms with Gasteiger partial charge in [-0.1, -0.05) is 78.3 Å². The number of hydrogen-bond acceptors (Lipinski definition) is 4. The second kappa shape index (κ2) is 14.0. The normalized spacial score (nSPS) is 12.4. The van der Waals surface area contributed by atoms with E-state index in [1.165, 1.54) is 4.31 Å². The maximum atomic E-state index is 13.9. The molecule has 0 aromatic heterocycles. The van der Waals surface area contributed by atoms with Gasteiger partial charge in [-0.2, -0.15) is 0 Å². The molecular formula is C32H40ClN3O4S. The molecule has 0 saturated heterocycles. The number of para-hydroxylation sites is 1. The SMILES string of the molecule is Cc1ccccc1N(CCCC(=O)N(Cc1ccccc1Cl)C(Cc1ccccc1)C(=O)NC(C)(C)C)S(C)(=O)=O. The highest BCUT2D eigenvalue weighted by Gasteiger charge is 2.32. The molecule has 1 atom stereocenters. The molecule has 0 aliphatic rings. The molecule has 3 aromatic rings. The number of nitrogens with one attached hydrogen (secondary N) is 1. The first-order chi connectivity index (χ1) is 19.3. The van der Waals surface area contributed by atoms with Crippen molar-refractivity contribution in [2.45, 2.75) is 65.1 Å². The smallest absolute Gasteiger partial charge is 0.243 e. The van der Waals surface area contributed by atoms with E-state index < -0.39 is 21.6 Å². The van der Waals surface area contributed by atoms with Crippen molar-refractivity contribution in [3.8, 4) is 0 Å². The van der Waals surface area contributed by atoms with Gasteiger partial charge in [0, 0.05) is 36.5 Å². The molecule has 0 aliphatic heterocycles. The molecular weight excluding hydrogens is 558 g/mol. The van der Waals surface area contributed by atoms with Crippen molar-refractivity contribution in [1.82, 2.24) is 10.2 Å². The van der Waals surface area contributed by atoms with Crippen LogP contribution in [0.4, 0.5) is 5.69 Å². The molecule has 0 fully saturated rings. The summed E-state index contributed by atoms with van der Waals surface area (Å²) in [5.41, 5.74) is 2.55. The second-order valence-electron chi connectivity index (χ2n) is 11.3. The van der Waals surface area contributed by atoms with Crippen LogP contribution < -0.4 is 9.62 Å². The Balaban J connectivity index is 1.92. The fourth-order valence-corrected chi connectivity index (χ4v) is 5.86. The van der Waals surface area contributed by atoms with Crippen LogP contribution in [0.15, 0.2) is 78.9 Å². The number of carbonyl (C=O) groups is 2. The molecule has 1 N–H and O–H groups in total. The summed E-state index contributed by atoms with van der Waals surface area (Å²) in [7, 11) is -3.58. The van der Waals surface area contributed by atoms with Crippen LogP contribution in [0, 0.1) is 6.92 Å². The monoisotopic (exact) mass is 597 g/mol. The third-order valence-electron chi connectivity index (χ3n) is 6.60. The van der Waals surface area contributed by atoms with Gasteiger partial charge in [-0.15, -0.1) is 0 Å². The largest absolute Gasteiger partial charge is 0.350 e. The first kappa shape index (κ1) is 32.2. The fourth-order valence-electron chi connectivity index (χ4n) is 4.64. The zero-order valence-corrected chi connectivity index (χ0v) is 26.0. The van der Waals surface area contributed by atoms with Gasteiger partial charge in [-0.25, -0.2) is 8.42 Å². The number of benzene rings is 3. The molecule has 0 heterocycles. The zero-order chi connectivity index (χ0) is 30.2. The van der Waals surface area contributed by atoms with Crippen LogP contribution in [0.5, 0.6) is 0 Å². The summed E-state index contributed by atoms with van der Waals surface area (Å²) in [6.07, 6.45) is 1.81. The third kappa shape index (κ3) is 9.61. The summed E-state index contributed by atoms with van der Waals surface area (Å²) < 4.78 is 26.7. The van der Waals surface area contributed by atoms with Crippen LogP contribution in [0.3, 0.4) is 0 Å². The fraction of sp³-hybridized carbons (Fsp3) is 0.375. The van der Waals surface area contributed by atoms with Crippen molar-refractivity contribution in [2.24, 2.45) is 0 Å². The highest BCUT2D eigenvalue weighted by atomic mass is 35.5. The Morgan fingerprint density at radius 2 is 1.54 bits per heavy atom. The number of hydrogen-bond donors (Lipinski definition) is 1. The summed E-state index contributed by atoms with van der Waals surface area (Å²) in [5, 5.41) is 3.55. The van der Waals surface area contributed by atoms with Gasteiger partial charge in [-0.3, -0.25) is 13.9 Å². The van der Waals surface area contributed by atoms with Gasteiger partial charge in [-0.05, 0) is 62.9 Å². The molecule has 3 aromatic carbocycles. The third-order valence-corrected chi connectivity index (χ3v) is 8.15. The Morgan fingerprint density at radius 1 is 0.927 bits per heavy atom. The number of rotatable bonds is 12. The highest BCUT2D eigenvalue weighted by Crippen LogP contribution is 2.24. The maximum Gasteiger partial charge on any atom is 0.243 e. The van der Waals surface area contributed by atoms with Crippen molar-refractivity contribution < 1.29 is 18.0 Å². The average molecular weight is 598 g/mol. The Hall–Kier alpha value is -3.36. The molecule has 3 rings (SSSR count). The Labute approximate surface area is 249 Å². The second-order valence-corrected chi connectivity index (χ2v) is 13.6. The summed E-state index contributed by atoms with van der Waals surface area (Å²) in [6, 6.07) is 23.3. The lowest BCUT2D eigenvalue weighted by atomic mass is 10.00. The maximum absolute atomic E-state index is 13.9. The molecule has 1 unspecified atom stereocenters. The first-order valence-electron chi connectivity index (χ1n) is 13.7. The standard InChI is InChI=1S/C32H40ClN3O4S/c1-24-14-9-12-19-28(24)36(41(5,39)40)21-13-20-30(37)35(23-26-17-10-11-18-27(26)33)29(31(38)34-32(2,3)4)22-25-15-7-6-8-16-25/h6-12,14-19,29H,13,20-23H2,1-5H3,(H,34,38). The van der Waals surface area contributed by atoms with Crippen LogP contribution in [-0.4, -0.2) is 49.5 Å². The summed E-state index contributed by atoms with van der Waals surface area (Å²) in [5.74, 6) is -0.521. The van der Waals surface area contributed by atoms with Crippen LogP contribution in [-0.2, 0) is 32.6 Å². The van der Waals surface area contributed by atoms with E-state index in [-0.39, 0.29) is 37.7 Å². The van der Waals surface area contributed by atoms with Crippen molar-refractivity contribution in [2.75, 3.05) is 17.1 Å². The van der Waals surface area contributed by atoms with E-state index in [1.54, 1.807) is 23.1 Å². The van der Waals surface area contributed by atoms with Crippen LogP contribution in [0.1, 0.15) is 50.3 Å². The first-order valence-corrected chi connectivity index (χ1v) is 15.9. The van der Waals surface area contributed by atoms with E-state index in [1.807, 2.05) is 88.4 Å². The van der Waals surface area contributed by atoms with Crippen molar-refractivity contribution in [1.29, 1.82) is 0 Å². The van der Waals surface area contributed by atoms with Gasteiger partial charge in [0.15, 0.2) is 0 Å². The lowest BCUT2D eigenvalue weighted by Crippen LogP contribution is -2.54. The van der Waals surface area contributed by atoms with Gasteiger partial charge in [0.05, 0.1) is 11.9 Å². The number of nitrogens with zero attached hydrogens (tertiary/aromatic N) is 2. The summed E-state index contributed by atoms with van der Waals surface area (Å²) >= 11 is 6.49. The van der Waals surface area contributed by atoms with Gasteiger partial charge < -0.3 is 10.2 Å². The summed E-state index contributed by atoms with van der Waals surface area (Å²) in [6.45, 7) is 7.82. The number of amides is 2. The predicted molar refractivity (Wildman–Crippen MR) is 166 cm³/mol. The average Bonchev–Trinajstić information content (AvgIpc) is 2.89. The lowest BCUT2D eigenvalue weighted by Gasteiger charge is -2.34. The van der Waals surface area contributed by atoms with Gasteiger partial charge in [0.2, 0.25) is 21.8 Å². The predicted octanol–water partition coefficient (Wildman–Crippen LogP) is 5.75.